The molecule has 1 aromatic rings. The van der Waals surface area contributed by atoms with E-state index in [2.05, 4.69) is 5.10 Å². The number of carbonyl (C=O) groups is 1. The highest BCUT2D eigenvalue weighted by Crippen LogP contribution is 2.12. The third-order valence-corrected chi connectivity index (χ3v) is 1.63. The monoisotopic (exact) mass is 180 g/mol. The fraction of sp³-hybridized carbons (Fsp3) is 0.333. The first-order valence-corrected chi connectivity index (χ1v) is 4.08. The van der Waals surface area contributed by atoms with E-state index in [0.29, 0.717) is 12.1 Å². The minimum Gasteiger partial charge on any atom is -0.478 e. The number of aryl methyl sites for hydroxylation is 1. The van der Waals surface area contributed by atoms with Crippen LogP contribution < -0.4 is 0 Å². The highest BCUT2D eigenvalue weighted by atomic mass is 16.4. The smallest absolute Gasteiger partial charge is 0.337 e. The molecule has 0 aliphatic carbocycles. The van der Waals surface area contributed by atoms with E-state index in [0.717, 1.165) is 0 Å². The molecule has 0 aliphatic rings. The molecule has 1 heterocycles. The van der Waals surface area contributed by atoms with Crippen molar-refractivity contribution < 1.29 is 9.90 Å². The van der Waals surface area contributed by atoms with Crippen LogP contribution in [0.2, 0.25) is 0 Å². The van der Waals surface area contributed by atoms with E-state index in [-0.39, 0.29) is 5.57 Å². The summed E-state index contributed by atoms with van der Waals surface area (Å²) in [4.78, 5) is 10.8. The number of carboxylic acid groups (broad SMARTS) is 1. The largest absolute Gasteiger partial charge is 0.478 e. The summed E-state index contributed by atoms with van der Waals surface area (Å²) in [6.45, 7) is 1.89. The van der Waals surface area contributed by atoms with Crippen molar-refractivity contribution in [3.05, 3.63) is 24.0 Å². The Balaban J connectivity index is 3.02. The van der Waals surface area contributed by atoms with Gasteiger partial charge in [-0.25, -0.2) is 4.79 Å². The van der Waals surface area contributed by atoms with E-state index < -0.39 is 5.97 Å². The Morgan fingerprint density at radius 2 is 2.46 bits per heavy atom. The molecule has 0 unspecified atom stereocenters. The van der Waals surface area contributed by atoms with Gasteiger partial charge in [0.1, 0.15) is 0 Å². The van der Waals surface area contributed by atoms with Crippen molar-refractivity contribution in [2.24, 2.45) is 7.05 Å². The van der Waals surface area contributed by atoms with E-state index in [1.54, 1.807) is 30.1 Å². The van der Waals surface area contributed by atoms with Gasteiger partial charge in [0.15, 0.2) is 0 Å². The summed E-state index contributed by atoms with van der Waals surface area (Å²) in [5.74, 6) is -0.930. The number of aliphatic carboxylic acids is 1. The number of hydrogen-bond donors (Lipinski definition) is 1. The molecule has 0 bridgehead atoms. The minimum absolute atomic E-state index is 0.267. The van der Waals surface area contributed by atoms with Crippen LogP contribution in [-0.2, 0) is 11.8 Å². The maximum atomic E-state index is 10.8. The van der Waals surface area contributed by atoms with Gasteiger partial charge >= 0.3 is 5.97 Å². The molecule has 0 aliphatic heterocycles. The van der Waals surface area contributed by atoms with Gasteiger partial charge in [0, 0.05) is 13.2 Å². The normalized spacial score (nSPS) is 11.7. The maximum Gasteiger partial charge on any atom is 0.337 e. The van der Waals surface area contributed by atoms with E-state index in [9.17, 15) is 4.79 Å². The van der Waals surface area contributed by atoms with Crippen molar-refractivity contribution in [3.63, 3.8) is 0 Å². The van der Waals surface area contributed by atoms with E-state index in [4.69, 9.17) is 5.11 Å². The van der Waals surface area contributed by atoms with Crippen molar-refractivity contribution in [1.82, 2.24) is 9.78 Å². The number of aromatic nitrogens is 2. The van der Waals surface area contributed by atoms with Gasteiger partial charge in [-0.05, 0) is 12.5 Å². The topological polar surface area (TPSA) is 55.1 Å². The highest BCUT2D eigenvalue weighted by molar-refractivity contribution is 6.14. The molecule has 1 aromatic heterocycles. The fourth-order valence-electron chi connectivity index (χ4n) is 1.06. The SMILES string of the molecule is CC/C=C(/C(=O)O)c1ccn(C)n1. The lowest BCUT2D eigenvalue weighted by Gasteiger charge is -1.96. The number of carboxylic acids is 1. The maximum absolute atomic E-state index is 10.8. The van der Waals surface area contributed by atoms with Crippen molar-refractivity contribution >= 4 is 11.5 Å². The molecule has 0 aromatic carbocycles. The lowest BCUT2D eigenvalue weighted by Crippen LogP contribution is -2.01. The molecular formula is C9H12N2O2. The molecule has 1 N–H and O–H groups in total. The second kappa shape index (κ2) is 3.89. The standard InChI is InChI=1S/C9H12N2O2/c1-3-4-7(9(12)13)8-5-6-11(2)10-8/h4-6H,3H2,1-2H3,(H,12,13)/b7-4+. The number of rotatable bonds is 3. The Kier molecular flexibility index (Phi) is 2.84. The van der Waals surface area contributed by atoms with Crippen LogP contribution in [0.15, 0.2) is 18.3 Å². The first-order chi connectivity index (χ1) is 6.15. The molecule has 1 rings (SSSR count). The predicted molar refractivity (Wildman–Crippen MR) is 49.1 cm³/mol. The third kappa shape index (κ3) is 2.18. The van der Waals surface area contributed by atoms with Crippen LogP contribution in [0.1, 0.15) is 19.0 Å². The lowest BCUT2D eigenvalue weighted by atomic mass is 10.1. The van der Waals surface area contributed by atoms with Gasteiger partial charge < -0.3 is 5.11 Å². The molecule has 0 atom stereocenters. The van der Waals surface area contributed by atoms with Gasteiger partial charge in [0.2, 0.25) is 0 Å². The summed E-state index contributed by atoms with van der Waals surface area (Å²) in [7, 11) is 1.76. The molecular weight excluding hydrogens is 168 g/mol. The van der Waals surface area contributed by atoms with Crippen LogP contribution in [0.25, 0.3) is 5.57 Å². The average Bonchev–Trinajstić information content (AvgIpc) is 2.46. The number of nitrogens with zero attached hydrogens (tertiary/aromatic N) is 2. The molecule has 0 saturated carbocycles. The number of allylic oxidation sites excluding steroid dienone is 1. The van der Waals surface area contributed by atoms with Gasteiger partial charge in [-0.2, -0.15) is 5.10 Å². The molecule has 0 fully saturated rings. The van der Waals surface area contributed by atoms with E-state index in [1.807, 2.05) is 6.92 Å². The second-order valence-corrected chi connectivity index (χ2v) is 2.71. The molecule has 4 heteroatoms. The van der Waals surface area contributed by atoms with Gasteiger partial charge in [-0.1, -0.05) is 13.0 Å². The molecule has 0 spiro atoms. The van der Waals surface area contributed by atoms with Crippen LogP contribution in [0.3, 0.4) is 0 Å². The Hall–Kier alpha value is -1.58. The van der Waals surface area contributed by atoms with Crippen molar-refractivity contribution in [2.45, 2.75) is 13.3 Å². The number of hydrogen-bond acceptors (Lipinski definition) is 2. The van der Waals surface area contributed by atoms with Gasteiger partial charge in [-0.15, -0.1) is 0 Å². The Bertz CT molecular complexity index is 339. The predicted octanol–water partition coefficient (Wildman–Crippen LogP) is 1.30. The third-order valence-electron chi connectivity index (χ3n) is 1.63. The minimum atomic E-state index is -0.930. The van der Waals surface area contributed by atoms with Crippen molar-refractivity contribution in [2.75, 3.05) is 0 Å². The molecule has 13 heavy (non-hydrogen) atoms. The lowest BCUT2D eigenvalue weighted by molar-refractivity contribution is -0.130. The molecule has 70 valence electrons. The Morgan fingerprint density at radius 1 is 1.77 bits per heavy atom. The van der Waals surface area contributed by atoms with Crippen molar-refractivity contribution in [1.29, 1.82) is 0 Å². The van der Waals surface area contributed by atoms with Gasteiger partial charge in [0.25, 0.3) is 0 Å². The summed E-state index contributed by atoms with van der Waals surface area (Å²) in [6, 6.07) is 1.69. The summed E-state index contributed by atoms with van der Waals surface area (Å²) in [5.41, 5.74) is 0.778. The first kappa shape index (κ1) is 9.51. The summed E-state index contributed by atoms with van der Waals surface area (Å²) in [6.07, 6.45) is 4.07. The highest BCUT2D eigenvalue weighted by Gasteiger charge is 2.11. The zero-order valence-electron chi connectivity index (χ0n) is 7.69. The summed E-state index contributed by atoms with van der Waals surface area (Å²) >= 11 is 0. The zero-order chi connectivity index (χ0) is 9.84. The molecule has 0 amide bonds. The quantitative estimate of drug-likeness (QED) is 0.713. The van der Waals surface area contributed by atoms with E-state index >= 15 is 0 Å². The first-order valence-electron chi connectivity index (χ1n) is 4.08. The van der Waals surface area contributed by atoms with Gasteiger partial charge in [-0.3, -0.25) is 4.68 Å². The Morgan fingerprint density at radius 3 is 2.85 bits per heavy atom. The van der Waals surface area contributed by atoms with Crippen LogP contribution in [0.4, 0.5) is 0 Å². The zero-order valence-corrected chi connectivity index (χ0v) is 7.69. The van der Waals surface area contributed by atoms with Gasteiger partial charge in [0.05, 0.1) is 11.3 Å². The van der Waals surface area contributed by atoms with Crippen LogP contribution in [0.5, 0.6) is 0 Å². The van der Waals surface area contributed by atoms with E-state index in [1.165, 1.54) is 0 Å². The van der Waals surface area contributed by atoms with Crippen LogP contribution in [-0.4, -0.2) is 20.9 Å². The fourth-order valence-corrected chi connectivity index (χ4v) is 1.06. The van der Waals surface area contributed by atoms with Crippen LogP contribution >= 0.6 is 0 Å². The molecule has 0 radical (unpaired) electrons. The average molecular weight is 180 g/mol. The second-order valence-electron chi connectivity index (χ2n) is 2.71. The molecule has 4 nitrogen and oxygen atoms in total. The molecule has 0 saturated heterocycles. The Labute approximate surface area is 76.5 Å². The van der Waals surface area contributed by atoms with Crippen molar-refractivity contribution in [3.8, 4) is 0 Å². The summed E-state index contributed by atoms with van der Waals surface area (Å²) < 4.78 is 1.59. The summed E-state index contributed by atoms with van der Waals surface area (Å²) in [5, 5.41) is 12.9. The van der Waals surface area contributed by atoms with Crippen LogP contribution in [0, 0.1) is 0 Å².